The van der Waals surface area contributed by atoms with E-state index in [-0.39, 0.29) is 0 Å². The van der Waals surface area contributed by atoms with Gasteiger partial charge in [0.25, 0.3) is 0 Å². The maximum Gasteiger partial charge on any atom is 0.112 e. The third kappa shape index (κ3) is 2.32. The zero-order chi connectivity index (χ0) is 12.4. The van der Waals surface area contributed by atoms with Gasteiger partial charge in [-0.1, -0.05) is 32.4 Å². The molecule has 2 aromatic rings. The molecule has 2 nitrogen and oxygen atoms in total. The minimum atomic E-state index is 0.493. The summed E-state index contributed by atoms with van der Waals surface area (Å²) in [5, 5.41) is 0.759. The van der Waals surface area contributed by atoms with Gasteiger partial charge in [0.05, 0.1) is 11.0 Å². The molecule has 0 saturated heterocycles. The molecule has 92 valence electrons. The molecule has 0 N–H and O–H groups in total. The maximum absolute atomic E-state index is 6.02. The van der Waals surface area contributed by atoms with Crippen LogP contribution in [0.25, 0.3) is 11.0 Å². The highest BCUT2D eigenvalue weighted by Gasteiger charge is 2.14. The van der Waals surface area contributed by atoms with Gasteiger partial charge in [0.2, 0.25) is 0 Å². The molecule has 0 amide bonds. The van der Waals surface area contributed by atoms with Crippen LogP contribution in [0.4, 0.5) is 0 Å². The molecule has 1 unspecified atom stereocenters. The normalized spacial score (nSPS) is 13.2. The maximum atomic E-state index is 6.02. The van der Waals surface area contributed by atoms with Gasteiger partial charge < -0.3 is 4.57 Å². The van der Waals surface area contributed by atoms with Crippen molar-refractivity contribution in [3.8, 4) is 0 Å². The van der Waals surface area contributed by atoms with Gasteiger partial charge in [-0.25, -0.2) is 4.98 Å². The van der Waals surface area contributed by atoms with Crippen molar-refractivity contribution >= 4 is 22.6 Å². The molecule has 0 aliphatic heterocycles. The Morgan fingerprint density at radius 2 is 2.12 bits per heavy atom. The predicted octanol–water partition coefficient (Wildman–Crippen LogP) is 4.61. The molecule has 0 bridgehead atoms. The zero-order valence-electron chi connectivity index (χ0n) is 10.7. The second kappa shape index (κ2) is 5.09. The van der Waals surface area contributed by atoms with E-state index < -0.39 is 0 Å². The Kier molecular flexibility index (Phi) is 3.72. The monoisotopic (exact) mass is 250 g/mol. The predicted molar refractivity (Wildman–Crippen MR) is 73.7 cm³/mol. The van der Waals surface area contributed by atoms with E-state index in [1.165, 1.54) is 11.3 Å². The molecule has 17 heavy (non-hydrogen) atoms. The second-order valence-electron chi connectivity index (χ2n) is 4.56. The molecule has 3 heteroatoms. The minimum Gasteiger partial charge on any atom is -0.328 e. The van der Waals surface area contributed by atoms with Crippen LogP contribution < -0.4 is 0 Å². The Hall–Kier alpha value is -1.02. The molecule has 2 rings (SSSR count). The van der Waals surface area contributed by atoms with Crippen molar-refractivity contribution < 1.29 is 0 Å². The summed E-state index contributed by atoms with van der Waals surface area (Å²) in [6, 6.07) is 5.97. The van der Waals surface area contributed by atoms with Gasteiger partial charge in [-0.15, -0.1) is 0 Å². The number of aromatic nitrogens is 2. The second-order valence-corrected chi connectivity index (χ2v) is 5.00. The molecular formula is C14H19ClN2. The van der Waals surface area contributed by atoms with Gasteiger partial charge in [0.15, 0.2) is 0 Å². The van der Waals surface area contributed by atoms with E-state index in [1.54, 1.807) is 0 Å². The summed E-state index contributed by atoms with van der Waals surface area (Å²) in [5.41, 5.74) is 2.22. The van der Waals surface area contributed by atoms with Gasteiger partial charge in [0, 0.05) is 17.5 Å². The van der Waals surface area contributed by atoms with Crippen LogP contribution in [0.15, 0.2) is 18.2 Å². The van der Waals surface area contributed by atoms with E-state index in [2.05, 4.69) is 31.4 Å². The van der Waals surface area contributed by atoms with Crippen LogP contribution in [0.3, 0.4) is 0 Å². The average molecular weight is 251 g/mol. The number of benzene rings is 1. The quantitative estimate of drug-likeness (QED) is 0.775. The third-order valence-electron chi connectivity index (χ3n) is 3.24. The zero-order valence-corrected chi connectivity index (χ0v) is 11.5. The van der Waals surface area contributed by atoms with Crippen molar-refractivity contribution in [1.29, 1.82) is 0 Å². The fourth-order valence-corrected chi connectivity index (χ4v) is 2.31. The van der Waals surface area contributed by atoms with Crippen molar-refractivity contribution in [3.05, 3.63) is 29.0 Å². The highest BCUT2D eigenvalue weighted by Crippen LogP contribution is 2.26. The summed E-state index contributed by atoms with van der Waals surface area (Å²) in [6.45, 7) is 7.65. The first-order valence-corrected chi connectivity index (χ1v) is 6.70. The first kappa shape index (κ1) is 12.4. The molecule has 0 fully saturated rings. The van der Waals surface area contributed by atoms with Crippen LogP contribution in [0.5, 0.6) is 0 Å². The van der Waals surface area contributed by atoms with Crippen LogP contribution >= 0.6 is 11.6 Å². The lowest BCUT2D eigenvalue weighted by atomic mass is 10.1. The smallest absolute Gasteiger partial charge is 0.112 e. The average Bonchev–Trinajstić information content (AvgIpc) is 2.67. The molecule has 1 aromatic carbocycles. The van der Waals surface area contributed by atoms with Crippen LogP contribution in [-0.2, 0) is 6.54 Å². The number of halogens is 1. The number of rotatable bonds is 4. The highest BCUT2D eigenvalue weighted by atomic mass is 35.5. The standard InChI is InChI=1S/C14H19ClN2/c1-4-8-17-13-7-6-11(15)9-12(13)16-14(17)10(3)5-2/h6-7,9-10H,4-5,8H2,1-3H3. The van der Waals surface area contributed by atoms with E-state index >= 15 is 0 Å². The van der Waals surface area contributed by atoms with Crippen molar-refractivity contribution in [2.24, 2.45) is 0 Å². The van der Waals surface area contributed by atoms with Crippen LogP contribution in [0, 0.1) is 0 Å². The summed E-state index contributed by atoms with van der Waals surface area (Å²) >= 11 is 6.02. The van der Waals surface area contributed by atoms with E-state index in [4.69, 9.17) is 16.6 Å². The number of aryl methyl sites for hydroxylation is 1. The van der Waals surface area contributed by atoms with Crippen molar-refractivity contribution in [2.45, 2.75) is 46.1 Å². The highest BCUT2D eigenvalue weighted by molar-refractivity contribution is 6.31. The Labute approximate surface area is 108 Å². The lowest BCUT2D eigenvalue weighted by Gasteiger charge is -2.12. The summed E-state index contributed by atoms with van der Waals surface area (Å²) < 4.78 is 2.33. The fraction of sp³-hybridized carbons (Fsp3) is 0.500. The van der Waals surface area contributed by atoms with E-state index in [0.717, 1.165) is 29.9 Å². The van der Waals surface area contributed by atoms with Crippen molar-refractivity contribution in [2.75, 3.05) is 0 Å². The largest absolute Gasteiger partial charge is 0.328 e. The molecule has 1 heterocycles. The van der Waals surface area contributed by atoms with Gasteiger partial charge in [-0.3, -0.25) is 0 Å². The molecule has 0 spiro atoms. The van der Waals surface area contributed by atoms with Crippen LogP contribution in [0.1, 0.15) is 45.4 Å². The fourth-order valence-electron chi connectivity index (χ4n) is 2.14. The topological polar surface area (TPSA) is 17.8 Å². The van der Waals surface area contributed by atoms with E-state index in [9.17, 15) is 0 Å². The molecular weight excluding hydrogens is 232 g/mol. The molecule has 1 atom stereocenters. The van der Waals surface area contributed by atoms with Gasteiger partial charge >= 0.3 is 0 Å². The first-order valence-electron chi connectivity index (χ1n) is 6.33. The Bertz CT molecular complexity index is 516. The van der Waals surface area contributed by atoms with Crippen LogP contribution in [-0.4, -0.2) is 9.55 Å². The lowest BCUT2D eigenvalue weighted by Crippen LogP contribution is -2.06. The minimum absolute atomic E-state index is 0.493. The van der Waals surface area contributed by atoms with Crippen molar-refractivity contribution in [1.82, 2.24) is 9.55 Å². The lowest BCUT2D eigenvalue weighted by molar-refractivity contribution is 0.591. The molecule has 0 saturated carbocycles. The first-order chi connectivity index (χ1) is 8.17. The number of hydrogen-bond donors (Lipinski definition) is 0. The van der Waals surface area contributed by atoms with Gasteiger partial charge in [-0.2, -0.15) is 0 Å². The summed E-state index contributed by atoms with van der Waals surface area (Å²) in [5.74, 6) is 1.68. The van der Waals surface area contributed by atoms with Crippen LogP contribution in [0.2, 0.25) is 5.02 Å². The molecule has 0 radical (unpaired) electrons. The van der Waals surface area contributed by atoms with Gasteiger partial charge in [-0.05, 0) is 31.0 Å². The number of imidazole rings is 1. The Balaban J connectivity index is 2.61. The van der Waals surface area contributed by atoms with E-state index in [0.29, 0.717) is 5.92 Å². The molecule has 0 aliphatic rings. The molecule has 0 aliphatic carbocycles. The summed E-state index contributed by atoms with van der Waals surface area (Å²) in [6.07, 6.45) is 2.23. The SMILES string of the molecule is CCCn1c(C(C)CC)nc2cc(Cl)ccc21. The van der Waals surface area contributed by atoms with Crippen molar-refractivity contribution in [3.63, 3.8) is 0 Å². The summed E-state index contributed by atoms with van der Waals surface area (Å²) in [7, 11) is 0. The Morgan fingerprint density at radius 1 is 1.35 bits per heavy atom. The third-order valence-corrected chi connectivity index (χ3v) is 3.48. The number of fused-ring (bicyclic) bond motifs is 1. The Morgan fingerprint density at radius 3 is 2.76 bits per heavy atom. The van der Waals surface area contributed by atoms with Gasteiger partial charge in [0.1, 0.15) is 5.82 Å². The summed E-state index contributed by atoms with van der Waals surface area (Å²) in [4.78, 5) is 4.74. The number of nitrogens with zero attached hydrogens (tertiary/aromatic N) is 2. The van der Waals surface area contributed by atoms with E-state index in [1.807, 2.05) is 12.1 Å². The number of hydrogen-bond acceptors (Lipinski definition) is 1. The molecule has 1 aromatic heterocycles.